The van der Waals surface area contributed by atoms with Gasteiger partial charge in [-0.1, -0.05) is 29.8 Å². The molecule has 4 nitrogen and oxygen atoms in total. The molecule has 3 aromatic rings. The van der Waals surface area contributed by atoms with Gasteiger partial charge in [-0.15, -0.1) is 0 Å². The van der Waals surface area contributed by atoms with E-state index in [1.54, 1.807) is 24.4 Å². The Balaban J connectivity index is 1.82. The molecule has 29 heavy (non-hydrogen) atoms. The molecule has 0 saturated carbocycles. The lowest BCUT2D eigenvalue weighted by Gasteiger charge is -2.10. The number of hydrogen-bond donors (Lipinski definition) is 1. The van der Waals surface area contributed by atoms with E-state index >= 15 is 0 Å². The first kappa shape index (κ1) is 20.7. The van der Waals surface area contributed by atoms with Crippen LogP contribution < -0.4 is 5.32 Å². The van der Waals surface area contributed by atoms with Gasteiger partial charge in [0.25, 0.3) is 0 Å². The van der Waals surface area contributed by atoms with Crippen LogP contribution in [0.2, 0.25) is 5.02 Å². The summed E-state index contributed by atoms with van der Waals surface area (Å²) in [6, 6.07) is 10.1. The molecule has 0 aliphatic carbocycles. The predicted molar refractivity (Wildman–Crippen MR) is 107 cm³/mol. The second-order valence-electron chi connectivity index (χ2n) is 6.39. The summed E-state index contributed by atoms with van der Waals surface area (Å²) in [5.41, 5.74) is 1.09. The number of rotatable bonds is 4. The Morgan fingerprint density at radius 3 is 2.59 bits per heavy atom. The molecular weight excluding hydrogens is 403 g/mol. The second kappa shape index (κ2) is 8.13. The molecule has 1 heterocycles. The summed E-state index contributed by atoms with van der Waals surface area (Å²) in [6.07, 6.45) is -0.617. The van der Waals surface area contributed by atoms with Crippen molar-refractivity contribution < 1.29 is 18.0 Å². The summed E-state index contributed by atoms with van der Waals surface area (Å²) < 4.78 is 41.0. The zero-order valence-corrected chi connectivity index (χ0v) is 16.3. The third kappa shape index (κ3) is 4.86. The summed E-state index contributed by atoms with van der Waals surface area (Å²) in [5.74, 6) is 0.244. The van der Waals surface area contributed by atoms with Gasteiger partial charge in [-0.25, -0.2) is 4.98 Å². The molecule has 8 heteroatoms. The van der Waals surface area contributed by atoms with E-state index in [2.05, 4.69) is 10.3 Å². The van der Waals surface area contributed by atoms with Gasteiger partial charge in [0.05, 0.1) is 17.5 Å². The maximum absolute atomic E-state index is 13.0. The minimum atomic E-state index is -4.50. The van der Waals surface area contributed by atoms with Gasteiger partial charge in [0.15, 0.2) is 0 Å². The molecule has 0 atom stereocenters. The Kier molecular flexibility index (Phi) is 5.79. The van der Waals surface area contributed by atoms with Crippen molar-refractivity contribution in [3.63, 3.8) is 0 Å². The summed E-state index contributed by atoms with van der Waals surface area (Å²) in [6.45, 7) is 1.86. The molecule has 0 fully saturated rings. The second-order valence-corrected chi connectivity index (χ2v) is 6.82. The topological polar surface area (TPSA) is 46.9 Å². The number of amides is 1. The highest BCUT2D eigenvalue weighted by Crippen LogP contribution is 2.32. The number of anilines is 1. The average molecular weight is 420 g/mol. The maximum atomic E-state index is 13.0. The lowest BCUT2D eigenvalue weighted by Crippen LogP contribution is -2.09. The first-order chi connectivity index (χ1) is 13.6. The Hall–Kier alpha value is -3.06. The Morgan fingerprint density at radius 1 is 1.21 bits per heavy atom. The SMILES string of the molecule is Cc1ncc(-c2cc(Cl)cc(NC(=O)C=Cc3ccccc3C(F)(F)F)c2)n1C. The maximum Gasteiger partial charge on any atom is 0.416 e. The predicted octanol–water partition coefficient (Wildman–Crippen LogP) is 5.72. The standard InChI is InChI=1S/C21H17ClF3N3O/c1-13-26-12-19(28(13)2)15-9-16(22)11-17(10-15)27-20(29)8-7-14-5-3-4-6-18(14)21(23,24)25/h3-12H,1-2H3,(H,27,29). The number of carbonyl (C=O) groups is 1. The third-order valence-electron chi connectivity index (χ3n) is 4.36. The third-order valence-corrected chi connectivity index (χ3v) is 4.58. The molecule has 1 N–H and O–H groups in total. The fraction of sp³-hybridized carbons (Fsp3) is 0.143. The fourth-order valence-corrected chi connectivity index (χ4v) is 3.06. The highest BCUT2D eigenvalue weighted by molar-refractivity contribution is 6.31. The quantitative estimate of drug-likeness (QED) is 0.550. The van der Waals surface area contributed by atoms with E-state index in [0.717, 1.165) is 35.3 Å². The lowest BCUT2D eigenvalue weighted by atomic mass is 10.1. The van der Waals surface area contributed by atoms with E-state index in [1.807, 2.05) is 18.5 Å². The molecule has 0 unspecified atom stereocenters. The fourth-order valence-electron chi connectivity index (χ4n) is 2.83. The number of aryl methyl sites for hydroxylation is 1. The van der Waals surface area contributed by atoms with E-state index in [1.165, 1.54) is 18.2 Å². The highest BCUT2D eigenvalue weighted by Gasteiger charge is 2.32. The van der Waals surface area contributed by atoms with Gasteiger partial charge in [0.1, 0.15) is 5.82 Å². The molecule has 0 aliphatic rings. The van der Waals surface area contributed by atoms with Crippen molar-refractivity contribution in [3.05, 3.63) is 76.7 Å². The van der Waals surface area contributed by atoms with Crippen molar-refractivity contribution in [1.29, 1.82) is 0 Å². The van der Waals surface area contributed by atoms with Gasteiger partial charge in [0.2, 0.25) is 5.91 Å². The van der Waals surface area contributed by atoms with E-state index in [0.29, 0.717) is 10.7 Å². The van der Waals surface area contributed by atoms with Crippen molar-refractivity contribution in [1.82, 2.24) is 9.55 Å². The van der Waals surface area contributed by atoms with Gasteiger partial charge >= 0.3 is 6.18 Å². The van der Waals surface area contributed by atoms with E-state index in [4.69, 9.17) is 11.6 Å². The van der Waals surface area contributed by atoms with Crippen LogP contribution in [0.15, 0.2) is 54.7 Å². The van der Waals surface area contributed by atoms with Gasteiger partial charge in [-0.05, 0) is 42.8 Å². The van der Waals surface area contributed by atoms with Crippen molar-refractivity contribution in [3.8, 4) is 11.3 Å². The smallest absolute Gasteiger partial charge is 0.331 e. The van der Waals surface area contributed by atoms with Crippen molar-refractivity contribution in [2.75, 3.05) is 5.32 Å². The van der Waals surface area contributed by atoms with Crippen LogP contribution in [0.5, 0.6) is 0 Å². The number of benzene rings is 2. The van der Waals surface area contributed by atoms with Crippen LogP contribution in [0.3, 0.4) is 0 Å². The number of carbonyl (C=O) groups excluding carboxylic acids is 1. The Labute approximate surface area is 170 Å². The molecular formula is C21H17ClF3N3O. The largest absolute Gasteiger partial charge is 0.416 e. The highest BCUT2D eigenvalue weighted by atomic mass is 35.5. The number of hydrogen-bond acceptors (Lipinski definition) is 2. The first-order valence-corrected chi connectivity index (χ1v) is 8.97. The van der Waals surface area contributed by atoms with Crippen LogP contribution in [0.25, 0.3) is 17.3 Å². The zero-order chi connectivity index (χ0) is 21.2. The van der Waals surface area contributed by atoms with E-state index in [9.17, 15) is 18.0 Å². The molecule has 2 aromatic carbocycles. The summed E-state index contributed by atoms with van der Waals surface area (Å²) >= 11 is 6.16. The van der Waals surface area contributed by atoms with Gasteiger partial charge in [0, 0.05) is 29.4 Å². The number of alkyl halides is 3. The van der Waals surface area contributed by atoms with E-state index < -0.39 is 17.6 Å². The first-order valence-electron chi connectivity index (χ1n) is 8.60. The van der Waals surface area contributed by atoms with Crippen LogP contribution in [-0.4, -0.2) is 15.5 Å². The number of nitrogens with one attached hydrogen (secondary N) is 1. The minimum absolute atomic E-state index is 0.0905. The van der Waals surface area contributed by atoms with Gasteiger partial charge < -0.3 is 9.88 Å². The van der Waals surface area contributed by atoms with Crippen molar-refractivity contribution >= 4 is 29.3 Å². The lowest BCUT2D eigenvalue weighted by molar-refractivity contribution is -0.137. The van der Waals surface area contributed by atoms with Crippen LogP contribution in [0.4, 0.5) is 18.9 Å². The average Bonchev–Trinajstić information content (AvgIpc) is 2.98. The summed E-state index contributed by atoms with van der Waals surface area (Å²) in [5, 5.41) is 3.03. The molecule has 0 saturated heterocycles. The summed E-state index contributed by atoms with van der Waals surface area (Å²) in [4.78, 5) is 16.5. The minimum Gasteiger partial charge on any atom is -0.331 e. The molecule has 0 spiro atoms. The molecule has 3 rings (SSSR count). The van der Waals surface area contributed by atoms with Crippen LogP contribution in [0, 0.1) is 6.92 Å². The van der Waals surface area contributed by atoms with Crippen molar-refractivity contribution in [2.45, 2.75) is 13.1 Å². The zero-order valence-electron chi connectivity index (χ0n) is 15.6. The molecule has 0 aliphatic heterocycles. The molecule has 1 amide bonds. The monoisotopic (exact) mass is 419 g/mol. The Morgan fingerprint density at radius 2 is 1.93 bits per heavy atom. The van der Waals surface area contributed by atoms with Crippen LogP contribution in [-0.2, 0) is 18.0 Å². The van der Waals surface area contributed by atoms with Crippen LogP contribution in [0.1, 0.15) is 17.0 Å². The molecule has 150 valence electrons. The summed E-state index contributed by atoms with van der Waals surface area (Å²) in [7, 11) is 1.86. The molecule has 0 bridgehead atoms. The number of halogens is 4. The van der Waals surface area contributed by atoms with Crippen LogP contribution >= 0.6 is 11.6 Å². The van der Waals surface area contributed by atoms with Crippen molar-refractivity contribution in [2.24, 2.45) is 7.05 Å². The number of imidazole rings is 1. The number of nitrogens with zero attached hydrogens (tertiary/aromatic N) is 2. The number of aromatic nitrogens is 2. The molecule has 1 aromatic heterocycles. The van der Waals surface area contributed by atoms with Gasteiger partial charge in [-0.3, -0.25) is 4.79 Å². The van der Waals surface area contributed by atoms with E-state index in [-0.39, 0.29) is 5.56 Å². The normalized spacial score (nSPS) is 11.8. The van der Waals surface area contributed by atoms with Gasteiger partial charge in [-0.2, -0.15) is 13.2 Å². The molecule has 0 radical (unpaired) electrons. The Bertz CT molecular complexity index is 1090.